The molecular weight excluding hydrogens is 436 g/mol. The third kappa shape index (κ3) is 6.04. The highest BCUT2D eigenvalue weighted by Crippen LogP contribution is 2.23. The lowest BCUT2D eigenvalue weighted by atomic mass is 10.2. The molecule has 0 aliphatic carbocycles. The summed E-state index contributed by atoms with van der Waals surface area (Å²) in [5, 5.41) is 7.44. The third-order valence-corrected chi connectivity index (χ3v) is 6.19. The van der Waals surface area contributed by atoms with Gasteiger partial charge >= 0.3 is 0 Å². The zero-order valence-corrected chi connectivity index (χ0v) is 18.6. The van der Waals surface area contributed by atoms with Crippen LogP contribution in [-0.2, 0) is 22.3 Å². The van der Waals surface area contributed by atoms with E-state index in [1.165, 1.54) is 6.08 Å². The fourth-order valence-electron chi connectivity index (χ4n) is 3.01. The van der Waals surface area contributed by atoms with Gasteiger partial charge in [-0.25, -0.2) is 17.8 Å². The van der Waals surface area contributed by atoms with Crippen LogP contribution < -0.4 is 10.0 Å². The Labute approximate surface area is 186 Å². The second-order valence-electron chi connectivity index (χ2n) is 6.94. The van der Waals surface area contributed by atoms with Crippen molar-refractivity contribution in [1.82, 2.24) is 14.5 Å². The van der Waals surface area contributed by atoms with Crippen LogP contribution in [0.5, 0.6) is 0 Å². The molecule has 2 aromatic carbocycles. The molecule has 1 aromatic heterocycles. The number of aromatic nitrogens is 2. The normalized spacial score (nSPS) is 11.3. The predicted molar refractivity (Wildman–Crippen MR) is 123 cm³/mol. The minimum absolute atomic E-state index is 0.160. The van der Waals surface area contributed by atoms with E-state index in [1.807, 2.05) is 30.3 Å². The van der Waals surface area contributed by atoms with Crippen molar-refractivity contribution in [2.75, 3.05) is 11.9 Å². The van der Waals surface area contributed by atoms with Crippen molar-refractivity contribution < 1.29 is 13.2 Å². The van der Waals surface area contributed by atoms with Crippen LogP contribution in [0.2, 0.25) is 5.15 Å². The van der Waals surface area contributed by atoms with Crippen molar-refractivity contribution in [3.05, 3.63) is 94.8 Å². The summed E-state index contributed by atoms with van der Waals surface area (Å²) in [5.41, 5.74) is 2.97. The molecule has 0 fully saturated rings. The van der Waals surface area contributed by atoms with Crippen molar-refractivity contribution in [3.63, 3.8) is 0 Å². The van der Waals surface area contributed by atoms with Gasteiger partial charge < -0.3 is 5.32 Å². The van der Waals surface area contributed by atoms with Crippen molar-refractivity contribution in [1.29, 1.82) is 0 Å². The zero-order valence-electron chi connectivity index (χ0n) is 17.0. The van der Waals surface area contributed by atoms with Crippen LogP contribution in [0.25, 0.3) is 0 Å². The Bertz CT molecular complexity index is 1170. The van der Waals surface area contributed by atoms with Gasteiger partial charge in [0, 0.05) is 12.2 Å². The highest BCUT2D eigenvalue weighted by molar-refractivity contribution is 7.88. The van der Waals surface area contributed by atoms with E-state index in [0.717, 1.165) is 5.56 Å². The van der Waals surface area contributed by atoms with Crippen molar-refractivity contribution >= 4 is 33.2 Å². The number of carbonyl (C=O) groups excluding carboxylic acids is 1. The van der Waals surface area contributed by atoms with Gasteiger partial charge in [0.05, 0.1) is 23.6 Å². The van der Waals surface area contributed by atoms with Gasteiger partial charge in [0.15, 0.2) is 0 Å². The Balaban J connectivity index is 1.70. The molecule has 0 bridgehead atoms. The first kappa shape index (κ1) is 22.7. The first-order valence-corrected chi connectivity index (χ1v) is 11.6. The number of nitrogens with zero attached hydrogens (tertiary/aromatic N) is 2. The molecule has 0 aliphatic rings. The number of nitrogens with one attached hydrogen (secondary N) is 2. The maximum Gasteiger partial charge on any atom is 0.260 e. The summed E-state index contributed by atoms with van der Waals surface area (Å²) in [6, 6.07) is 16.3. The van der Waals surface area contributed by atoms with E-state index in [9.17, 15) is 13.2 Å². The second-order valence-corrected chi connectivity index (χ2v) is 9.11. The summed E-state index contributed by atoms with van der Waals surface area (Å²) in [6.45, 7) is 5.85. The van der Waals surface area contributed by atoms with Gasteiger partial charge in [-0.1, -0.05) is 60.1 Å². The van der Waals surface area contributed by atoms with Gasteiger partial charge in [0.2, 0.25) is 10.0 Å². The average molecular weight is 459 g/mol. The van der Waals surface area contributed by atoms with Gasteiger partial charge in [-0.15, -0.1) is 6.58 Å². The molecule has 0 saturated heterocycles. The Morgan fingerprint density at radius 3 is 2.45 bits per heavy atom. The average Bonchev–Trinajstić information content (AvgIpc) is 3.01. The number of carbonyl (C=O) groups is 1. The lowest BCUT2D eigenvalue weighted by molar-refractivity contribution is 0.102. The number of halogens is 1. The van der Waals surface area contributed by atoms with Crippen LogP contribution in [0, 0.1) is 6.92 Å². The molecule has 0 atom stereocenters. The number of amides is 1. The maximum absolute atomic E-state index is 12.8. The number of anilines is 1. The van der Waals surface area contributed by atoms with Gasteiger partial charge in [0.1, 0.15) is 5.15 Å². The molecule has 31 heavy (non-hydrogen) atoms. The Kier molecular flexibility index (Phi) is 7.27. The van der Waals surface area contributed by atoms with E-state index >= 15 is 0 Å². The third-order valence-electron chi connectivity index (χ3n) is 4.48. The number of rotatable bonds is 9. The first-order chi connectivity index (χ1) is 14.8. The topological polar surface area (TPSA) is 93.1 Å². The molecular formula is C22H23ClN4O3S. The number of sulfonamides is 1. The fourth-order valence-corrected chi connectivity index (χ4v) is 4.43. The quantitative estimate of drug-likeness (QED) is 0.477. The Morgan fingerprint density at radius 1 is 1.13 bits per heavy atom. The summed E-state index contributed by atoms with van der Waals surface area (Å²) in [6.07, 6.45) is 1.48. The largest absolute Gasteiger partial charge is 0.322 e. The first-order valence-electron chi connectivity index (χ1n) is 9.54. The summed E-state index contributed by atoms with van der Waals surface area (Å²) in [7, 11) is -3.45. The number of benzene rings is 2. The van der Waals surface area contributed by atoms with Crippen molar-refractivity contribution in [3.8, 4) is 0 Å². The molecule has 1 amide bonds. The van der Waals surface area contributed by atoms with E-state index in [0.29, 0.717) is 29.1 Å². The minimum Gasteiger partial charge on any atom is -0.322 e. The van der Waals surface area contributed by atoms with Crippen molar-refractivity contribution in [2.24, 2.45) is 0 Å². The molecule has 0 radical (unpaired) electrons. The number of hydrogen-bond donors (Lipinski definition) is 2. The van der Waals surface area contributed by atoms with Crippen molar-refractivity contribution in [2.45, 2.75) is 19.2 Å². The van der Waals surface area contributed by atoms with E-state index in [-0.39, 0.29) is 23.4 Å². The predicted octanol–water partition coefficient (Wildman–Crippen LogP) is 3.75. The molecule has 0 saturated carbocycles. The zero-order chi connectivity index (χ0) is 22.4. The number of aryl methyl sites for hydroxylation is 1. The Morgan fingerprint density at radius 2 is 1.81 bits per heavy atom. The summed E-state index contributed by atoms with van der Waals surface area (Å²) in [4.78, 5) is 12.8. The van der Waals surface area contributed by atoms with Crippen LogP contribution >= 0.6 is 11.6 Å². The molecule has 0 unspecified atom stereocenters. The molecule has 162 valence electrons. The molecule has 1 heterocycles. The maximum atomic E-state index is 12.8. The molecule has 3 rings (SSSR count). The van der Waals surface area contributed by atoms with Gasteiger partial charge in [-0.2, -0.15) is 5.10 Å². The molecule has 7 nitrogen and oxygen atoms in total. The SMILES string of the molecule is C=CCNS(=O)(=O)Cc1ccc(NC(=O)c2c(C)nn(Cc3ccccc3)c2Cl)cc1. The van der Waals surface area contributed by atoms with Gasteiger partial charge in [-0.05, 0) is 30.2 Å². The van der Waals surface area contributed by atoms with Crippen LogP contribution in [0.15, 0.2) is 67.3 Å². The minimum atomic E-state index is -3.45. The standard InChI is InChI=1S/C22H23ClN4O3S/c1-3-13-24-31(29,30)15-18-9-11-19(12-10-18)25-22(28)20-16(2)26-27(21(20)23)14-17-7-5-4-6-8-17/h3-12,24H,1,13-15H2,2H3,(H,25,28). The lowest BCUT2D eigenvalue weighted by Gasteiger charge is -2.08. The fraction of sp³-hybridized carbons (Fsp3) is 0.182. The van der Waals surface area contributed by atoms with Crippen LogP contribution in [0.4, 0.5) is 5.69 Å². The Hall–Kier alpha value is -2.94. The molecule has 0 spiro atoms. The van der Waals surface area contributed by atoms with E-state index in [4.69, 9.17) is 11.6 Å². The lowest BCUT2D eigenvalue weighted by Crippen LogP contribution is -2.25. The second kappa shape index (κ2) is 9.91. The highest BCUT2D eigenvalue weighted by Gasteiger charge is 2.20. The van der Waals surface area contributed by atoms with E-state index in [2.05, 4.69) is 21.7 Å². The summed E-state index contributed by atoms with van der Waals surface area (Å²) < 4.78 is 27.9. The molecule has 9 heteroatoms. The highest BCUT2D eigenvalue weighted by atomic mass is 35.5. The van der Waals surface area contributed by atoms with Gasteiger partial charge in [0.25, 0.3) is 5.91 Å². The molecule has 3 aromatic rings. The van der Waals surface area contributed by atoms with E-state index in [1.54, 1.807) is 35.9 Å². The van der Waals surface area contributed by atoms with Crippen LogP contribution in [0.3, 0.4) is 0 Å². The van der Waals surface area contributed by atoms with E-state index < -0.39 is 10.0 Å². The summed E-state index contributed by atoms with van der Waals surface area (Å²) >= 11 is 6.44. The molecule has 0 aliphatic heterocycles. The molecule has 2 N–H and O–H groups in total. The van der Waals surface area contributed by atoms with Crippen LogP contribution in [0.1, 0.15) is 27.2 Å². The monoisotopic (exact) mass is 458 g/mol. The smallest absolute Gasteiger partial charge is 0.260 e. The number of hydrogen-bond acceptors (Lipinski definition) is 4. The van der Waals surface area contributed by atoms with Crippen LogP contribution in [-0.4, -0.2) is 30.7 Å². The van der Waals surface area contributed by atoms with Gasteiger partial charge in [-0.3, -0.25) is 4.79 Å². The summed E-state index contributed by atoms with van der Waals surface area (Å²) in [5.74, 6) is -0.540.